The van der Waals surface area contributed by atoms with E-state index in [-0.39, 0.29) is 26.2 Å². The Hall–Kier alpha value is -1.92. The summed E-state index contributed by atoms with van der Waals surface area (Å²) >= 11 is 0. The zero-order valence-electron chi connectivity index (χ0n) is 13.6. The first-order valence-corrected chi connectivity index (χ1v) is 7.73. The van der Waals surface area contributed by atoms with Gasteiger partial charge in [-0.2, -0.15) is 0 Å². The van der Waals surface area contributed by atoms with Gasteiger partial charge in [0, 0.05) is 6.61 Å². The van der Waals surface area contributed by atoms with Crippen molar-refractivity contribution >= 4 is 11.9 Å². The zero-order chi connectivity index (χ0) is 17.1. The number of hydrogen-bond acceptors (Lipinski definition) is 6. The highest BCUT2D eigenvalue weighted by molar-refractivity contribution is 5.83. The molecule has 23 heavy (non-hydrogen) atoms. The lowest BCUT2D eigenvalue weighted by atomic mass is 9.99. The monoisotopic (exact) mass is 324 g/mol. The summed E-state index contributed by atoms with van der Waals surface area (Å²) in [5.41, 5.74) is 1.01. The molecule has 1 N–H and O–H groups in total. The molecule has 0 aliphatic carbocycles. The molecule has 0 unspecified atom stereocenters. The Morgan fingerprint density at radius 2 is 1.65 bits per heavy atom. The maximum absolute atomic E-state index is 11.9. The number of rotatable bonds is 10. The summed E-state index contributed by atoms with van der Waals surface area (Å²) in [5.74, 6) is -2.45. The third-order valence-electron chi connectivity index (χ3n) is 3.18. The molecule has 1 aromatic rings. The largest absolute Gasteiger partial charge is 0.466 e. The highest BCUT2D eigenvalue weighted by Gasteiger charge is 2.34. The molecule has 0 fully saturated rings. The Labute approximate surface area is 136 Å². The van der Waals surface area contributed by atoms with Gasteiger partial charge in [0.05, 0.1) is 25.7 Å². The Bertz CT molecular complexity index is 473. The number of aliphatic hydroxyl groups is 1. The smallest absolute Gasteiger partial charge is 0.335 e. The van der Waals surface area contributed by atoms with Gasteiger partial charge in [0.15, 0.2) is 6.10 Å². The van der Waals surface area contributed by atoms with Crippen LogP contribution in [0.15, 0.2) is 30.3 Å². The average molecular weight is 324 g/mol. The summed E-state index contributed by atoms with van der Waals surface area (Å²) in [7, 11) is 0. The third-order valence-corrected chi connectivity index (χ3v) is 3.18. The van der Waals surface area contributed by atoms with Crippen molar-refractivity contribution in [1.82, 2.24) is 0 Å². The molecule has 0 aromatic heterocycles. The fourth-order valence-electron chi connectivity index (χ4n) is 2.02. The average Bonchev–Trinajstić information content (AvgIpc) is 2.55. The van der Waals surface area contributed by atoms with Crippen LogP contribution in [0.5, 0.6) is 0 Å². The summed E-state index contributed by atoms with van der Waals surface area (Å²) in [6, 6.07) is 9.58. The van der Waals surface area contributed by atoms with Crippen molar-refractivity contribution in [3.63, 3.8) is 0 Å². The molecule has 0 aliphatic rings. The fourth-order valence-corrected chi connectivity index (χ4v) is 2.02. The second kappa shape index (κ2) is 10.7. The molecule has 1 rings (SSSR count). The Balaban J connectivity index is 2.52. The lowest BCUT2D eigenvalue weighted by Crippen LogP contribution is -2.38. The van der Waals surface area contributed by atoms with Crippen molar-refractivity contribution < 1.29 is 28.9 Å². The van der Waals surface area contributed by atoms with E-state index in [2.05, 4.69) is 0 Å². The lowest BCUT2D eigenvalue weighted by Gasteiger charge is -2.20. The van der Waals surface area contributed by atoms with E-state index in [1.165, 1.54) is 0 Å². The number of carbonyl (C=O) groups excluding carboxylic acids is 2. The molecule has 0 amide bonds. The molecule has 2 atom stereocenters. The summed E-state index contributed by atoms with van der Waals surface area (Å²) in [6.45, 7) is 4.22. The number of esters is 2. The normalized spacial score (nSPS) is 13.2. The Kier molecular flexibility index (Phi) is 8.94. The van der Waals surface area contributed by atoms with Gasteiger partial charge >= 0.3 is 11.9 Å². The minimum atomic E-state index is -1.55. The molecule has 0 spiro atoms. The van der Waals surface area contributed by atoms with Crippen molar-refractivity contribution in [2.45, 2.75) is 33.0 Å². The van der Waals surface area contributed by atoms with Crippen LogP contribution in [-0.2, 0) is 30.4 Å². The van der Waals surface area contributed by atoms with Crippen LogP contribution < -0.4 is 0 Å². The second-order valence-corrected chi connectivity index (χ2v) is 4.88. The molecular formula is C17H24O6. The van der Waals surface area contributed by atoms with Crippen molar-refractivity contribution in [1.29, 1.82) is 0 Å². The lowest BCUT2D eigenvalue weighted by molar-refractivity contribution is -0.167. The summed E-state index contributed by atoms with van der Waals surface area (Å²) in [5, 5.41) is 9.99. The van der Waals surface area contributed by atoms with Gasteiger partial charge in [-0.3, -0.25) is 4.79 Å². The molecule has 0 saturated carbocycles. The van der Waals surface area contributed by atoms with E-state index in [0.717, 1.165) is 5.56 Å². The minimum absolute atomic E-state index is 0.135. The van der Waals surface area contributed by atoms with Crippen molar-refractivity contribution in [3.8, 4) is 0 Å². The number of aliphatic hydroxyl groups excluding tert-OH is 1. The Morgan fingerprint density at radius 3 is 2.26 bits per heavy atom. The Morgan fingerprint density at radius 1 is 1.04 bits per heavy atom. The molecule has 0 saturated heterocycles. The quantitative estimate of drug-likeness (QED) is 0.521. The predicted molar refractivity (Wildman–Crippen MR) is 83.5 cm³/mol. The molecule has 0 aliphatic heterocycles. The van der Waals surface area contributed by atoms with Crippen LogP contribution in [0, 0.1) is 5.92 Å². The first kappa shape index (κ1) is 19.1. The summed E-state index contributed by atoms with van der Waals surface area (Å²) < 4.78 is 15.2. The first-order valence-electron chi connectivity index (χ1n) is 7.73. The van der Waals surface area contributed by atoms with Crippen molar-refractivity contribution in [2.24, 2.45) is 5.92 Å². The van der Waals surface area contributed by atoms with Crippen LogP contribution >= 0.6 is 0 Å². The number of benzene rings is 1. The summed E-state index contributed by atoms with van der Waals surface area (Å²) in [6.07, 6.45) is -1.37. The highest BCUT2D eigenvalue weighted by atomic mass is 16.6. The molecular weight excluding hydrogens is 300 g/mol. The minimum Gasteiger partial charge on any atom is -0.466 e. The van der Waals surface area contributed by atoms with E-state index in [0.29, 0.717) is 6.61 Å². The maximum Gasteiger partial charge on any atom is 0.335 e. The van der Waals surface area contributed by atoms with E-state index >= 15 is 0 Å². The first-order chi connectivity index (χ1) is 11.1. The van der Waals surface area contributed by atoms with Gasteiger partial charge in [-0.05, 0) is 25.8 Å². The van der Waals surface area contributed by atoms with E-state index < -0.39 is 24.0 Å². The molecule has 0 bridgehead atoms. The molecule has 128 valence electrons. The van der Waals surface area contributed by atoms with E-state index in [4.69, 9.17) is 14.2 Å². The van der Waals surface area contributed by atoms with Gasteiger partial charge in [0.1, 0.15) is 0 Å². The number of carbonyl (C=O) groups is 2. The number of hydrogen-bond donors (Lipinski definition) is 1. The molecule has 6 heteroatoms. The van der Waals surface area contributed by atoms with Crippen LogP contribution in [0.2, 0.25) is 0 Å². The van der Waals surface area contributed by atoms with Gasteiger partial charge in [-0.1, -0.05) is 30.3 Å². The van der Waals surface area contributed by atoms with Gasteiger partial charge in [-0.15, -0.1) is 0 Å². The van der Waals surface area contributed by atoms with Crippen molar-refractivity contribution in [2.75, 3.05) is 19.8 Å². The van der Waals surface area contributed by atoms with E-state index in [1.807, 2.05) is 30.3 Å². The molecule has 0 radical (unpaired) electrons. The zero-order valence-corrected chi connectivity index (χ0v) is 13.6. The van der Waals surface area contributed by atoms with Crippen molar-refractivity contribution in [3.05, 3.63) is 35.9 Å². The fraction of sp³-hybridized carbons (Fsp3) is 0.529. The molecule has 1 aromatic carbocycles. The van der Waals surface area contributed by atoms with Gasteiger partial charge in [0.25, 0.3) is 0 Å². The van der Waals surface area contributed by atoms with E-state index in [9.17, 15) is 14.7 Å². The maximum atomic E-state index is 11.9. The predicted octanol–water partition coefficient (Wildman–Crippen LogP) is 1.70. The van der Waals surface area contributed by atoms with Crippen LogP contribution in [-0.4, -0.2) is 43.0 Å². The second-order valence-electron chi connectivity index (χ2n) is 4.88. The molecule has 0 heterocycles. The summed E-state index contributed by atoms with van der Waals surface area (Å²) in [4.78, 5) is 23.5. The molecule has 6 nitrogen and oxygen atoms in total. The third kappa shape index (κ3) is 6.80. The standard InChI is InChI=1S/C17H24O6/c1-3-22-16(19)14(15(18)17(20)23-4-2)10-11-21-12-13-8-6-5-7-9-13/h5-9,14-15,18H,3-4,10-12H2,1-2H3/t14-,15+/m0/s1. The number of ether oxygens (including phenoxy) is 3. The van der Waals surface area contributed by atoms with Crippen LogP contribution in [0.3, 0.4) is 0 Å². The highest BCUT2D eigenvalue weighted by Crippen LogP contribution is 2.14. The van der Waals surface area contributed by atoms with Crippen LogP contribution in [0.1, 0.15) is 25.8 Å². The topological polar surface area (TPSA) is 82.1 Å². The van der Waals surface area contributed by atoms with Crippen LogP contribution in [0.25, 0.3) is 0 Å². The van der Waals surface area contributed by atoms with Gasteiger partial charge in [0.2, 0.25) is 0 Å². The van der Waals surface area contributed by atoms with E-state index in [1.54, 1.807) is 13.8 Å². The van der Waals surface area contributed by atoms with Gasteiger partial charge in [-0.25, -0.2) is 4.79 Å². The van der Waals surface area contributed by atoms with Crippen LogP contribution in [0.4, 0.5) is 0 Å². The van der Waals surface area contributed by atoms with Gasteiger partial charge < -0.3 is 19.3 Å². The SMILES string of the molecule is CCOC(=O)[C@@H](CCOCc1ccccc1)[C@@H](O)C(=O)OCC.